The highest BCUT2D eigenvalue weighted by Crippen LogP contribution is 2.73. The number of hydrogen-bond acceptors (Lipinski definition) is 7. The van der Waals surface area contributed by atoms with Gasteiger partial charge in [-0.15, -0.1) is 0 Å². The number of ether oxygens (including phenoxy) is 2. The monoisotopic (exact) mass is 592 g/mol. The molecule has 43 heavy (non-hydrogen) atoms. The van der Waals surface area contributed by atoms with Crippen molar-refractivity contribution in [2.45, 2.75) is 96.9 Å². The third-order valence-corrected chi connectivity index (χ3v) is 12.3. The van der Waals surface area contributed by atoms with Crippen LogP contribution in [0.25, 0.3) is 5.57 Å². The molecule has 6 rings (SSSR count). The molecule has 0 aromatic carbocycles. The standard InChI is InChI=1S/C34H45NO5.C2H7N/c1-20(22(18-36)19-37)15-24(39-5)16-23-9-10-27-26-17-30-34(40-30)14-11-25(29-8-6-7-21(2)35-29)31(38)33(34,4)28(26)12-13-32(23,27)3;1-3-2/h6-8,11,18,23-24,26-28,30,37H,9-10,12-17,19H2,1-5H3;3H,1-2H3/b22-20+;. The lowest BCUT2D eigenvalue weighted by atomic mass is 9.44. The largest absolute Gasteiger partial charge is 0.392 e. The summed E-state index contributed by atoms with van der Waals surface area (Å²) in [6, 6.07) is 5.96. The number of hydrogen-bond donors (Lipinski definition) is 2. The van der Waals surface area contributed by atoms with E-state index in [0.717, 1.165) is 60.9 Å². The topological polar surface area (TPSA) is 101 Å². The first-order chi connectivity index (χ1) is 20.5. The van der Waals surface area contributed by atoms with Gasteiger partial charge in [-0.25, -0.2) is 0 Å². The van der Waals surface area contributed by atoms with Crippen molar-refractivity contribution in [2.75, 3.05) is 27.8 Å². The third-order valence-electron chi connectivity index (χ3n) is 12.3. The summed E-state index contributed by atoms with van der Waals surface area (Å²) in [6.07, 6.45) is 11.1. The number of aliphatic hydroxyl groups is 1. The van der Waals surface area contributed by atoms with Gasteiger partial charge in [-0.05, 0) is 127 Å². The third kappa shape index (κ3) is 5.18. The summed E-state index contributed by atoms with van der Waals surface area (Å²) < 4.78 is 12.5. The highest BCUT2D eigenvalue weighted by molar-refractivity contribution is 6.24. The van der Waals surface area contributed by atoms with Crippen molar-refractivity contribution in [2.24, 2.45) is 34.5 Å². The van der Waals surface area contributed by atoms with Crippen LogP contribution < -0.4 is 5.32 Å². The predicted octanol–water partition coefficient (Wildman–Crippen LogP) is 5.49. The molecule has 7 nitrogen and oxygen atoms in total. The van der Waals surface area contributed by atoms with Crippen molar-refractivity contribution in [3.63, 3.8) is 0 Å². The van der Waals surface area contributed by atoms with Crippen LogP contribution in [0.3, 0.4) is 0 Å². The number of epoxide rings is 1. The van der Waals surface area contributed by atoms with Crippen LogP contribution in [0.4, 0.5) is 0 Å². The Morgan fingerprint density at radius 1 is 1.23 bits per heavy atom. The number of pyridine rings is 1. The number of carbonyl (C=O) groups is 2. The quantitative estimate of drug-likeness (QED) is 0.234. The molecular weight excluding hydrogens is 540 g/mol. The van der Waals surface area contributed by atoms with Gasteiger partial charge < -0.3 is 19.9 Å². The smallest absolute Gasteiger partial charge is 0.173 e. The normalized spacial score (nSPS) is 38.7. The average molecular weight is 593 g/mol. The average Bonchev–Trinajstić information content (AvgIpc) is 3.60. The lowest BCUT2D eigenvalue weighted by Gasteiger charge is -2.57. The van der Waals surface area contributed by atoms with Crippen LogP contribution in [0.1, 0.15) is 83.5 Å². The van der Waals surface area contributed by atoms with Crippen LogP contribution in [0.5, 0.6) is 0 Å². The first-order valence-electron chi connectivity index (χ1n) is 16.3. The van der Waals surface area contributed by atoms with Gasteiger partial charge in [0.25, 0.3) is 0 Å². The Morgan fingerprint density at radius 2 is 1.98 bits per heavy atom. The zero-order valence-electron chi connectivity index (χ0n) is 27.2. The van der Waals surface area contributed by atoms with Crippen LogP contribution in [-0.2, 0) is 19.1 Å². The molecule has 2 heterocycles. The molecule has 9 unspecified atom stereocenters. The van der Waals surface area contributed by atoms with Crippen molar-refractivity contribution >= 4 is 17.6 Å². The molecular formula is C36H52N2O5. The summed E-state index contributed by atoms with van der Waals surface area (Å²) in [7, 11) is 5.51. The van der Waals surface area contributed by atoms with E-state index in [-0.39, 0.29) is 35.6 Å². The van der Waals surface area contributed by atoms with Crippen molar-refractivity contribution in [3.8, 4) is 0 Å². The molecule has 236 valence electrons. The minimum Gasteiger partial charge on any atom is -0.392 e. The van der Waals surface area contributed by atoms with Crippen LogP contribution in [-0.4, -0.2) is 67.8 Å². The van der Waals surface area contributed by atoms with E-state index in [1.54, 1.807) is 7.11 Å². The lowest BCUT2D eigenvalue weighted by molar-refractivity contribution is -0.142. The van der Waals surface area contributed by atoms with Crippen LogP contribution in [0.15, 0.2) is 35.4 Å². The van der Waals surface area contributed by atoms with E-state index in [1.165, 1.54) is 12.8 Å². The van der Waals surface area contributed by atoms with Gasteiger partial charge in [-0.3, -0.25) is 14.6 Å². The molecule has 5 aliphatic rings. The van der Waals surface area contributed by atoms with Gasteiger partial charge in [0.15, 0.2) is 5.78 Å². The Kier molecular flexibility index (Phi) is 9.22. The Hall–Kier alpha value is -2.19. The van der Waals surface area contributed by atoms with Crippen molar-refractivity contribution in [3.05, 3.63) is 46.8 Å². The molecule has 0 radical (unpaired) electrons. The fraction of sp³-hybridized carbons (Fsp3) is 0.694. The number of allylic oxidation sites excluding steroid dienone is 1. The number of methoxy groups -OCH3 is 1. The molecule has 1 saturated heterocycles. The summed E-state index contributed by atoms with van der Waals surface area (Å²) in [5, 5.41) is 12.3. The highest BCUT2D eigenvalue weighted by atomic mass is 16.6. The molecule has 1 aliphatic heterocycles. The van der Waals surface area contributed by atoms with Gasteiger partial charge in [-0.1, -0.05) is 24.6 Å². The fourth-order valence-corrected chi connectivity index (χ4v) is 9.92. The van der Waals surface area contributed by atoms with E-state index < -0.39 is 5.41 Å². The van der Waals surface area contributed by atoms with Gasteiger partial charge in [0.1, 0.15) is 11.9 Å². The zero-order chi connectivity index (χ0) is 31.2. The summed E-state index contributed by atoms with van der Waals surface area (Å²) in [4.78, 5) is 30.5. The molecule has 2 N–H and O–H groups in total. The Labute approximate surface area is 257 Å². The Balaban J connectivity index is 0.00000118. The van der Waals surface area contributed by atoms with E-state index in [9.17, 15) is 14.7 Å². The minimum atomic E-state index is -0.512. The van der Waals surface area contributed by atoms with E-state index >= 15 is 0 Å². The molecule has 4 fully saturated rings. The second-order valence-corrected chi connectivity index (χ2v) is 14.3. The number of aliphatic hydroxyl groups excluding tert-OH is 1. The number of rotatable bonds is 8. The van der Waals surface area contributed by atoms with Crippen molar-refractivity contribution < 1.29 is 24.2 Å². The SMILES string of the molecule is CNC.COC(C/C(C)=C(\C=O)CO)CC1CCC2C3CC4OC45CC=C(c4cccc(C)n4)C(=O)C5(C)C3CCC12C. The predicted molar refractivity (Wildman–Crippen MR) is 168 cm³/mol. The van der Waals surface area contributed by atoms with Gasteiger partial charge in [-0.2, -0.15) is 0 Å². The van der Waals surface area contributed by atoms with Crippen molar-refractivity contribution in [1.82, 2.24) is 10.3 Å². The molecule has 1 aromatic rings. The van der Waals surface area contributed by atoms with Crippen LogP contribution >= 0.6 is 0 Å². The lowest BCUT2D eigenvalue weighted by Crippen LogP contribution is -2.60. The summed E-state index contributed by atoms with van der Waals surface area (Å²) in [6.45, 7) is 8.41. The second-order valence-electron chi connectivity index (χ2n) is 14.3. The molecule has 1 spiro atoms. The van der Waals surface area contributed by atoms with Gasteiger partial charge in [0, 0.05) is 23.9 Å². The van der Waals surface area contributed by atoms with Crippen LogP contribution in [0, 0.1) is 41.4 Å². The molecule has 0 bridgehead atoms. The van der Waals surface area contributed by atoms with E-state index in [2.05, 4.69) is 25.2 Å². The highest BCUT2D eigenvalue weighted by Gasteiger charge is 2.78. The van der Waals surface area contributed by atoms with E-state index in [0.29, 0.717) is 35.7 Å². The maximum atomic E-state index is 14.5. The zero-order valence-corrected chi connectivity index (χ0v) is 27.2. The summed E-state index contributed by atoms with van der Waals surface area (Å²) in [5.41, 5.74) is 3.26. The molecule has 9 atom stereocenters. The molecule has 4 aliphatic carbocycles. The van der Waals surface area contributed by atoms with Gasteiger partial charge in [0.2, 0.25) is 0 Å². The fourth-order valence-electron chi connectivity index (χ4n) is 9.92. The Morgan fingerprint density at radius 3 is 2.63 bits per heavy atom. The number of carbonyl (C=O) groups excluding carboxylic acids is 2. The van der Waals surface area contributed by atoms with Crippen LogP contribution in [0.2, 0.25) is 0 Å². The number of aldehydes is 1. The number of aromatic nitrogens is 1. The number of Topliss-reactive ketones (excluding diaryl/α,β-unsaturated/α-hetero) is 1. The van der Waals surface area contributed by atoms with Gasteiger partial charge in [0.05, 0.1) is 29.9 Å². The number of nitrogens with one attached hydrogen (secondary N) is 1. The molecule has 7 heteroatoms. The minimum absolute atomic E-state index is 0.0255. The maximum absolute atomic E-state index is 14.5. The second kappa shape index (κ2) is 12.3. The number of nitrogens with zero attached hydrogens (tertiary/aromatic N) is 1. The molecule has 1 aromatic heterocycles. The van der Waals surface area contributed by atoms with E-state index in [4.69, 9.17) is 14.5 Å². The summed E-state index contributed by atoms with van der Waals surface area (Å²) in [5.74, 6) is 2.17. The van der Waals surface area contributed by atoms with Crippen molar-refractivity contribution in [1.29, 1.82) is 0 Å². The van der Waals surface area contributed by atoms with Gasteiger partial charge >= 0.3 is 0 Å². The maximum Gasteiger partial charge on any atom is 0.173 e. The first-order valence-corrected chi connectivity index (χ1v) is 16.3. The number of fused-ring (bicyclic) bond motifs is 4. The molecule has 3 saturated carbocycles. The Bertz CT molecular complexity index is 1290. The number of aryl methyl sites for hydroxylation is 1. The summed E-state index contributed by atoms with van der Waals surface area (Å²) >= 11 is 0. The van der Waals surface area contributed by atoms with E-state index in [1.807, 2.05) is 46.1 Å². The first kappa shape index (κ1) is 32.2. The number of ketones is 1. The molecule has 0 amide bonds.